The molecule has 0 saturated heterocycles. The summed E-state index contributed by atoms with van der Waals surface area (Å²) in [6.45, 7) is 23.9. The van der Waals surface area contributed by atoms with Gasteiger partial charge in [-0.15, -0.1) is 0 Å². The summed E-state index contributed by atoms with van der Waals surface area (Å²) in [6.07, 6.45) is 1.28. The van der Waals surface area contributed by atoms with Gasteiger partial charge in [-0.25, -0.2) is 0 Å². The van der Waals surface area contributed by atoms with E-state index in [0.717, 1.165) is 11.8 Å². The molecule has 0 aromatic heterocycles. The third-order valence-corrected chi connectivity index (χ3v) is 5.27. The highest BCUT2D eigenvalue weighted by Gasteiger charge is 2.43. The van der Waals surface area contributed by atoms with Crippen LogP contribution in [0.1, 0.15) is 75.7 Å². The van der Waals surface area contributed by atoms with Crippen molar-refractivity contribution in [2.75, 3.05) is 0 Å². The van der Waals surface area contributed by atoms with Crippen LogP contribution in [-0.4, -0.2) is 0 Å². The van der Waals surface area contributed by atoms with Gasteiger partial charge in [0, 0.05) is 0 Å². The van der Waals surface area contributed by atoms with Gasteiger partial charge in [-0.05, 0) is 28.1 Å². The summed E-state index contributed by atoms with van der Waals surface area (Å²) >= 11 is 0. The van der Waals surface area contributed by atoms with E-state index in [4.69, 9.17) is 0 Å². The maximum Gasteiger partial charge on any atom is -0.0275 e. The molecule has 0 fully saturated rings. The molecule has 0 aromatic rings. The molecule has 0 bridgehead atoms. The van der Waals surface area contributed by atoms with Crippen LogP contribution in [0.3, 0.4) is 0 Å². The molecule has 98 valence electrons. The fraction of sp³-hybridized carbons (Fsp3) is 1.00. The topological polar surface area (TPSA) is 0 Å². The lowest BCUT2D eigenvalue weighted by molar-refractivity contribution is -0.0110. The average molecular weight is 226 g/mol. The molecule has 16 heavy (non-hydrogen) atoms. The van der Waals surface area contributed by atoms with Crippen molar-refractivity contribution in [3.8, 4) is 0 Å². The minimum atomic E-state index is 0.368. The van der Waals surface area contributed by atoms with Gasteiger partial charge in [0.25, 0.3) is 0 Å². The minimum Gasteiger partial charge on any atom is -0.0651 e. The molecule has 0 aliphatic carbocycles. The van der Waals surface area contributed by atoms with Crippen molar-refractivity contribution in [2.24, 2.45) is 28.1 Å². The Hall–Kier alpha value is 0. The maximum absolute atomic E-state index is 2.45. The highest BCUT2D eigenvalue weighted by atomic mass is 14.5. The van der Waals surface area contributed by atoms with Crippen LogP contribution in [0, 0.1) is 28.1 Å². The molecular weight excluding hydrogens is 192 g/mol. The van der Waals surface area contributed by atoms with E-state index < -0.39 is 0 Å². The first kappa shape index (κ1) is 16.0. The highest BCUT2D eigenvalue weighted by Crippen LogP contribution is 2.51. The summed E-state index contributed by atoms with van der Waals surface area (Å²) in [5.74, 6) is 1.54. The van der Waals surface area contributed by atoms with Crippen molar-refractivity contribution in [3.63, 3.8) is 0 Å². The summed E-state index contributed by atoms with van der Waals surface area (Å²) < 4.78 is 0. The van der Waals surface area contributed by atoms with E-state index in [-0.39, 0.29) is 0 Å². The van der Waals surface area contributed by atoms with E-state index in [2.05, 4.69) is 69.2 Å². The monoisotopic (exact) mass is 226 g/mol. The summed E-state index contributed by atoms with van der Waals surface area (Å²) in [7, 11) is 0. The predicted octanol–water partition coefficient (Wildman–Crippen LogP) is 5.77. The number of rotatable bonds is 3. The first-order chi connectivity index (χ1) is 6.85. The molecule has 0 saturated carbocycles. The predicted molar refractivity (Wildman–Crippen MR) is 75.6 cm³/mol. The number of hydrogen-bond acceptors (Lipinski definition) is 0. The SMILES string of the molecule is CCC(C(C)C(C)(C)C)C(C)(C)C(C)(C)C. The normalized spacial score (nSPS) is 18.4. The van der Waals surface area contributed by atoms with E-state index >= 15 is 0 Å². The Labute approximate surface area is 104 Å². The van der Waals surface area contributed by atoms with Crippen LogP contribution >= 0.6 is 0 Å². The molecule has 0 N–H and O–H groups in total. The first-order valence-corrected chi connectivity index (χ1v) is 6.85. The fourth-order valence-corrected chi connectivity index (χ4v) is 2.65. The van der Waals surface area contributed by atoms with Gasteiger partial charge < -0.3 is 0 Å². The van der Waals surface area contributed by atoms with E-state index in [1.54, 1.807) is 0 Å². The number of hydrogen-bond donors (Lipinski definition) is 0. The molecule has 0 amide bonds. The van der Waals surface area contributed by atoms with Crippen LogP contribution < -0.4 is 0 Å². The van der Waals surface area contributed by atoms with Crippen LogP contribution in [0.15, 0.2) is 0 Å². The molecular formula is C16H34. The largest absolute Gasteiger partial charge is 0.0651 e. The quantitative estimate of drug-likeness (QED) is 0.573. The van der Waals surface area contributed by atoms with Crippen molar-refractivity contribution in [1.29, 1.82) is 0 Å². The van der Waals surface area contributed by atoms with Crippen LogP contribution in [0.25, 0.3) is 0 Å². The lowest BCUT2D eigenvalue weighted by Crippen LogP contribution is -2.43. The van der Waals surface area contributed by atoms with Gasteiger partial charge in [0.2, 0.25) is 0 Å². The van der Waals surface area contributed by atoms with Crippen molar-refractivity contribution >= 4 is 0 Å². The molecule has 0 heterocycles. The van der Waals surface area contributed by atoms with Gasteiger partial charge in [0.15, 0.2) is 0 Å². The van der Waals surface area contributed by atoms with Crippen molar-refractivity contribution in [1.82, 2.24) is 0 Å². The lowest BCUT2D eigenvalue weighted by Gasteiger charge is -2.50. The second-order valence-corrected chi connectivity index (χ2v) is 8.14. The van der Waals surface area contributed by atoms with Crippen molar-refractivity contribution in [3.05, 3.63) is 0 Å². The van der Waals surface area contributed by atoms with E-state index in [9.17, 15) is 0 Å². The molecule has 0 heteroatoms. The van der Waals surface area contributed by atoms with Crippen LogP contribution in [0.4, 0.5) is 0 Å². The molecule has 0 aliphatic heterocycles. The zero-order valence-corrected chi connectivity index (χ0v) is 13.4. The van der Waals surface area contributed by atoms with Crippen LogP contribution in [0.2, 0.25) is 0 Å². The van der Waals surface area contributed by atoms with Crippen molar-refractivity contribution < 1.29 is 0 Å². The second kappa shape index (κ2) is 4.70. The maximum atomic E-state index is 2.45. The Balaban J connectivity index is 5.16. The molecule has 0 rings (SSSR count). The van der Waals surface area contributed by atoms with Gasteiger partial charge in [0.1, 0.15) is 0 Å². The Morgan fingerprint density at radius 2 is 1.19 bits per heavy atom. The molecule has 0 aromatic carbocycles. The Morgan fingerprint density at radius 1 is 0.812 bits per heavy atom. The molecule has 0 aliphatic rings. The second-order valence-electron chi connectivity index (χ2n) is 8.14. The van der Waals surface area contributed by atoms with Gasteiger partial charge in [-0.1, -0.05) is 75.7 Å². The highest BCUT2D eigenvalue weighted by molar-refractivity contribution is 4.92. The summed E-state index contributed by atoms with van der Waals surface area (Å²) in [5.41, 5.74) is 1.16. The Morgan fingerprint density at radius 3 is 1.38 bits per heavy atom. The Kier molecular flexibility index (Phi) is 4.70. The van der Waals surface area contributed by atoms with Gasteiger partial charge in [-0.2, -0.15) is 0 Å². The van der Waals surface area contributed by atoms with Crippen molar-refractivity contribution in [2.45, 2.75) is 75.7 Å². The zero-order chi connectivity index (χ0) is 13.4. The standard InChI is InChI=1S/C16H34/c1-11-13(12(2)14(3,4)5)16(9,10)15(6,7)8/h12-13H,11H2,1-10H3. The molecule has 0 spiro atoms. The molecule has 2 unspecified atom stereocenters. The van der Waals surface area contributed by atoms with E-state index in [1.165, 1.54) is 6.42 Å². The molecule has 0 radical (unpaired) electrons. The van der Waals surface area contributed by atoms with Gasteiger partial charge in [0.05, 0.1) is 0 Å². The van der Waals surface area contributed by atoms with Gasteiger partial charge >= 0.3 is 0 Å². The third kappa shape index (κ3) is 3.25. The van der Waals surface area contributed by atoms with E-state index in [0.29, 0.717) is 16.2 Å². The van der Waals surface area contributed by atoms with E-state index in [1.807, 2.05) is 0 Å². The molecule has 2 atom stereocenters. The molecule has 0 nitrogen and oxygen atoms in total. The summed E-state index contributed by atoms with van der Waals surface area (Å²) in [6, 6.07) is 0. The first-order valence-electron chi connectivity index (χ1n) is 6.85. The smallest absolute Gasteiger partial charge is 0.0275 e. The summed E-state index contributed by atoms with van der Waals surface area (Å²) in [5, 5.41) is 0. The zero-order valence-electron chi connectivity index (χ0n) is 13.4. The van der Waals surface area contributed by atoms with Gasteiger partial charge in [-0.3, -0.25) is 0 Å². The van der Waals surface area contributed by atoms with Crippen LogP contribution in [-0.2, 0) is 0 Å². The lowest BCUT2D eigenvalue weighted by atomic mass is 9.55. The summed E-state index contributed by atoms with van der Waals surface area (Å²) in [4.78, 5) is 0. The van der Waals surface area contributed by atoms with Crippen LogP contribution in [0.5, 0.6) is 0 Å². The third-order valence-electron chi connectivity index (χ3n) is 5.27. The minimum absolute atomic E-state index is 0.368. The Bertz CT molecular complexity index is 209. The fourth-order valence-electron chi connectivity index (χ4n) is 2.65. The average Bonchev–Trinajstić information content (AvgIpc) is 2.00.